The lowest BCUT2D eigenvalue weighted by molar-refractivity contribution is -0.121. The molecule has 0 bridgehead atoms. The van der Waals surface area contributed by atoms with E-state index in [1.807, 2.05) is 30.3 Å². The van der Waals surface area contributed by atoms with Crippen LogP contribution in [0.25, 0.3) is 6.08 Å². The highest BCUT2D eigenvalue weighted by Crippen LogP contribution is 2.15. The second-order valence-electron chi connectivity index (χ2n) is 4.56. The van der Waals surface area contributed by atoms with Gasteiger partial charge in [-0.2, -0.15) is 0 Å². The molecule has 1 aliphatic rings. The van der Waals surface area contributed by atoms with Crippen LogP contribution in [0.2, 0.25) is 0 Å². The summed E-state index contributed by atoms with van der Waals surface area (Å²) in [6.45, 7) is 0. The fraction of sp³-hybridized carbons (Fsp3) is 0.400. The molecular formula is C15H19NO2. The van der Waals surface area contributed by atoms with Crippen LogP contribution >= 0.6 is 0 Å². The van der Waals surface area contributed by atoms with Crippen LogP contribution in [0.5, 0.6) is 5.75 Å². The van der Waals surface area contributed by atoms with E-state index >= 15 is 0 Å². The zero-order valence-corrected chi connectivity index (χ0v) is 10.7. The first-order valence-electron chi connectivity index (χ1n) is 6.39. The molecule has 1 aliphatic heterocycles. The van der Waals surface area contributed by atoms with Gasteiger partial charge in [-0.1, -0.05) is 30.7 Å². The number of hydrogen-bond acceptors (Lipinski definition) is 2. The number of methoxy groups -OCH3 is 1. The molecule has 2 rings (SSSR count). The summed E-state index contributed by atoms with van der Waals surface area (Å²) in [5.74, 6) is 1.01. The summed E-state index contributed by atoms with van der Waals surface area (Å²) in [6, 6.07) is 8.05. The Morgan fingerprint density at radius 2 is 2.28 bits per heavy atom. The van der Waals surface area contributed by atoms with Crippen molar-refractivity contribution in [3.8, 4) is 5.75 Å². The van der Waals surface area contributed by atoms with Crippen LogP contribution in [0.1, 0.15) is 31.2 Å². The highest BCUT2D eigenvalue weighted by Gasteiger charge is 2.13. The molecule has 1 unspecified atom stereocenters. The average Bonchev–Trinajstić information content (AvgIpc) is 2.61. The van der Waals surface area contributed by atoms with Crippen LogP contribution in [0, 0.1) is 0 Å². The highest BCUT2D eigenvalue weighted by molar-refractivity contribution is 5.76. The number of nitrogens with one attached hydrogen (secondary N) is 1. The maximum absolute atomic E-state index is 11.4. The van der Waals surface area contributed by atoms with Gasteiger partial charge in [0.15, 0.2) is 0 Å². The molecule has 1 amide bonds. The fourth-order valence-electron chi connectivity index (χ4n) is 2.12. The lowest BCUT2D eigenvalue weighted by Gasteiger charge is -2.10. The van der Waals surface area contributed by atoms with Crippen molar-refractivity contribution >= 4 is 12.0 Å². The Morgan fingerprint density at radius 3 is 3.11 bits per heavy atom. The molecule has 18 heavy (non-hydrogen) atoms. The molecule has 96 valence electrons. The summed E-state index contributed by atoms with van der Waals surface area (Å²) >= 11 is 0. The van der Waals surface area contributed by atoms with E-state index in [1.54, 1.807) is 7.11 Å². The average molecular weight is 245 g/mol. The van der Waals surface area contributed by atoms with Gasteiger partial charge >= 0.3 is 0 Å². The van der Waals surface area contributed by atoms with E-state index in [0.717, 1.165) is 30.6 Å². The minimum absolute atomic E-state index is 0.159. The van der Waals surface area contributed by atoms with Crippen molar-refractivity contribution in [2.45, 2.75) is 31.7 Å². The monoisotopic (exact) mass is 245 g/mol. The van der Waals surface area contributed by atoms with Crippen LogP contribution in [0.15, 0.2) is 30.3 Å². The molecule has 1 atom stereocenters. The van der Waals surface area contributed by atoms with E-state index in [4.69, 9.17) is 4.74 Å². The quantitative estimate of drug-likeness (QED) is 0.889. The first kappa shape index (κ1) is 12.7. The van der Waals surface area contributed by atoms with Crippen molar-refractivity contribution in [1.82, 2.24) is 5.32 Å². The maximum atomic E-state index is 11.4. The highest BCUT2D eigenvalue weighted by atomic mass is 16.5. The molecule has 0 spiro atoms. The third-order valence-electron chi connectivity index (χ3n) is 3.13. The third kappa shape index (κ3) is 3.62. The summed E-state index contributed by atoms with van der Waals surface area (Å²) < 4.78 is 5.18. The van der Waals surface area contributed by atoms with Crippen molar-refractivity contribution in [1.29, 1.82) is 0 Å². The molecule has 3 heteroatoms. The van der Waals surface area contributed by atoms with Crippen molar-refractivity contribution in [2.24, 2.45) is 0 Å². The minimum Gasteiger partial charge on any atom is -0.497 e. The molecule has 0 aliphatic carbocycles. The van der Waals surface area contributed by atoms with Gasteiger partial charge in [0.2, 0.25) is 5.91 Å². The summed E-state index contributed by atoms with van der Waals surface area (Å²) in [6.07, 6.45) is 7.88. The zero-order chi connectivity index (χ0) is 12.8. The minimum atomic E-state index is 0.159. The Morgan fingerprint density at radius 1 is 1.39 bits per heavy atom. The Kier molecular flexibility index (Phi) is 4.40. The maximum Gasteiger partial charge on any atom is 0.220 e. The van der Waals surface area contributed by atoms with Crippen LogP contribution in [0.3, 0.4) is 0 Å². The van der Waals surface area contributed by atoms with Gasteiger partial charge in [0.1, 0.15) is 5.75 Å². The Labute approximate surface area is 108 Å². The van der Waals surface area contributed by atoms with Crippen LogP contribution in [0.4, 0.5) is 0 Å². The summed E-state index contributed by atoms with van der Waals surface area (Å²) in [5.41, 5.74) is 1.09. The van der Waals surface area contributed by atoms with E-state index in [-0.39, 0.29) is 11.9 Å². The first-order chi connectivity index (χ1) is 8.78. The van der Waals surface area contributed by atoms with Gasteiger partial charge < -0.3 is 10.1 Å². The molecule has 1 aromatic rings. The molecule has 0 aromatic heterocycles. The van der Waals surface area contributed by atoms with Gasteiger partial charge in [0, 0.05) is 12.5 Å². The van der Waals surface area contributed by atoms with E-state index in [9.17, 15) is 4.79 Å². The van der Waals surface area contributed by atoms with Gasteiger partial charge in [0.25, 0.3) is 0 Å². The lowest BCUT2D eigenvalue weighted by Crippen LogP contribution is -2.30. The number of hydrogen-bond donors (Lipinski definition) is 1. The summed E-state index contributed by atoms with van der Waals surface area (Å²) in [7, 11) is 1.66. The third-order valence-corrected chi connectivity index (χ3v) is 3.13. The van der Waals surface area contributed by atoms with Gasteiger partial charge in [-0.15, -0.1) is 0 Å². The Balaban J connectivity index is 2.02. The molecular weight excluding hydrogens is 226 g/mol. The molecule has 1 aromatic carbocycles. The Bertz CT molecular complexity index is 440. The van der Waals surface area contributed by atoms with E-state index in [2.05, 4.69) is 11.4 Å². The van der Waals surface area contributed by atoms with Gasteiger partial charge in [-0.05, 0) is 30.5 Å². The normalized spacial score (nSPS) is 20.5. The van der Waals surface area contributed by atoms with Crippen molar-refractivity contribution in [3.63, 3.8) is 0 Å². The Hall–Kier alpha value is -1.77. The standard InChI is InChI=1S/C15H19NO2/c1-18-14-7-4-5-12(11-14)9-10-13-6-2-3-8-15(17)16-13/h4-5,7,9-11,13H,2-3,6,8H2,1H3,(H,16,17)/b10-9+. The lowest BCUT2D eigenvalue weighted by atomic mass is 10.1. The predicted molar refractivity (Wildman–Crippen MR) is 72.4 cm³/mol. The van der Waals surface area contributed by atoms with E-state index in [1.165, 1.54) is 0 Å². The van der Waals surface area contributed by atoms with Crippen LogP contribution in [-0.2, 0) is 4.79 Å². The van der Waals surface area contributed by atoms with E-state index < -0.39 is 0 Å². The first-order valence-corrected chi connectivity index (χ1v) is 6.39. The number of carbonyl (C=O) groups excluding carboxylic acids is 1. The second kappa shape index (κ2) is 6.24. The van der Waals surface area contributed by atoms with Gasteiger partial charge in [-0.3, -0.25) is 4.79 Å². The molecule has 1 saturated heterocycles. The number of rotatable bonds is 3. The smallest absolute Gasteiger partial charge is 0.220 e. The topological polar surface area (TPSA) is 38.3 Å². The number of benzene rings is 1. The summed E-state index contributed by atoms with van der Waals surface area (Å²) in [4.78, 5) is 11.4. The van der Waals surface area contributed by atoms with Crippen LogP contribution in [-0.4, -0.2) is 19.1 Å². The van der Waals surface area contributed by atoms with Crippen molar-refractivity contribution in [3.05, 3.63) is 35.9 Å². The molecule has 1 N–H and O–H groups in total. The molecule has 1 fully saturated rings. The molecule has 0 saturated carbocycles. The predicted octanol–water partition coefficient (Wildman–Crippen LogP) is 2.77. The van der Waals surface area contributed by atoms with E-state index in [0.29, 0.717) is 6.42 Å². The van der Waals surface area contributed by atoms with Crippen LogP contribution < -0.4 is 10.1 Å². The fourth-order valence-corrected chi connectivity index (χ4v) is 2.12. The number of carbonyl (C=O) groups is 1. The molecule has 3 nitrogen and oxygen atoms in total. The SMILES string of the molecule is COc1cccc(/C=C/C2CCCCC(=O)N2)c1. The largest absolute Gasteiger partial charge is 0.497 e. The van der Waals surface area contributed by atoms with Crippen molar-refractivity contribution in [2.75, 3.05) is 7.11 Å². The van der Waals surface area contributed by atoms with Crippen molar-refractivity contribution < 1.29 is 9.53 Å². The van der Waals surface area contributed by atoms with Gasteiger partial charge in [0.05, 0.1) is 7.11 Å². The number of amides is 1. The van der Waals surface area contributed by atoms with Gasteiger partial charge in [-0.25, -0.2) is 0 Å². The molecule has 0 radical (unpaired) electrons. The number of ether oxygens (including phenoxy) is 1. The summed E-state index contributed by atoms with van der Waals surface area (Å²) in [5, 5.41) is 3.02. The molecule has 1 heterocycles. The zero-order valence-electron chi connectivity index (χ0n) is 10.7. The second-order valence-corrected chi connectivity index (χ2v) is 4.56.